The Kier molecular flexibility index (Phi) is 5.94. The molecule has 5 heterocycles. The molecule has 2 amide bonds. The van der Waals surface area contributed by atoms with Crippen LogP contribution in [0.15, 0.2) is 59.7 Å². The molecule has 1 unspecified atom stereocenters. The van der Waals surface area contributed by atoms with E-state index in [9.17, 15) is 14.0 Å². The highest BCUT2D eigenvalue weighted by molar-refractivity contribution is 5.85. The molecule has 3 aliphatic rings. The Morgan fingerprint density at radius 1 is 1.07 bits per heavy atom. The van der Waals surface area contributed by atoms with E-state index in [1.807, 2.05) is 46.0 Å². The first-order valence-electron chi connectivity index (χ1n) is 13.8. The second-order valence-electron chi connectivity index (χ2n) is 10.5. The van der Waals surface area contributed by atoms with Gasteiger partial charge >= 0.3 is 6.03 Å². The number of piperazine rings is 1. The Labute approximate surface area is 230 Å². The Hall–Kier alpha value is -4.41. The molecule has 3 aliphatic heterocycles. The zero-order chi connectivity index (χ0) is 27.4. The van der Waals surface area contributed by atoms with Gasteiger partial charge in [0.25, 0.3) is 5.56 Å². The third-order valence-corrected chi connectivity index (χ3v) is 8.22. The summed E-state index contributed by atoms with van der Waals surface area (Å²) in [6.07, 6.45) is 3.20. The van der Waals surface area contributed by atoms with Crippen molar-refractivity contribution in [2.45, 2.75) is 44.8 Å². The molecule has 40 heavy (non-hydrogen) atoms. The molecule has 0 spiro atoms. The van der Waals surface area contributed by atoms with Gasteiger partial charge in [0.05, 0.1) is 23.0 Å². The van der Waals surface area contributed by atoms with Crippen LogP contribution in [0.2, 0.25) is 0 Å². The maximum Gasteiger partial charge on any atom is 0.317 e. The molecule has 3 atom stereocenters. The number of nitrogens with one attached hydrogen (secondary N) is 1. The molecule has 0 bridgehead atoms. The summed E-state index contributed by atoms with van der Waals surface area (Å²) in [5, 5.41) is 3.53. The van der Waals surface area contributed by atoms with Gasteiger partial charge in [0.2, 0.25) is 12.3 Å². The first-order chi connectivity index (χ1) is 19.5. The summed E-state index contributed by atoms with van der Waals surface area (Å²) in [5.74, 6) is 1.14. The molecule has 4 aromatic rings. The Balaban J connectivity index is 1.20. The first-order valence-corrected chi connectivity index (χ1v) is 13.8. The number of para-hydroxylation sites is 1. The molecule has 0 saturated carbocycles. The Morgan fingerprint density at radius 2 is 1.90 bits per heavy atom. The molecular weight excluding hydrogens is 513 g/mol. The van der Waals surface area contributed by atoms with Crippen LogP contribution in [0.3, 0.4) is 0 Å². The summed E-state index contributed by atoms with van der Waals surface area (Å²) in [4.78, 5) is 38.4. The highest BCUT2D eigenvalue weighted by Crippen LogP contribution is 2.37. The van der Waals surface area contributed by atoms with Gasteiger partial charge in [0.15, 0.2) is 0 Å². The van der Waals surface area contributed by atoms with Crippen molar-refractivity contribution >= 4 is 22.9 Å². The third-order valence-electron chi connectivity index (χ3n) is 8.22. The van der Waals surface area contributed by atoms with Crippen LogP contribution in [0.5, 0.6) is 5.75 Å². The van der Waals surface area contributed by atoms with Gasteiger partial charge in [0, 0.05) is 62.7 Å². The highest BCUT2D eigenvalue weighted by atomic mass is 19.1. The number of hydrogen-bond acceptors (Lipinski definition) is 6. The topological polar surface area (TPSA) is 97.5 Å². The van der Waals surface area contributed by atoms with Crippen molar-refractivity contribution in [1.82, 2.24) is 29.5 Å². The van der Waals surface area contributed by atoms with Crippen LogP contribution in [-0.4, -0.2) is 68.8 Å². The molecule has 206 valence electrons. The average molecular weight is 544 g/mol. The molecule has 2 saturated heterocycles. The van der Waals surface area contributed by atoms with Gasteiger partial charge in [-0.2, -0.15) is 0 Å². The van der Waals surface area contributed by atoms with Gasteiger partial charge in [-0.05, 0) is 30.2 Å². The van der Waals surface area contributed by atoms with Crippen molar-refractivity contribution in [1.29, 1.82) is 0 Å². The number of urea groups is 1. The molecule has 2 fully saturated rings. The van der Waals surface area contributed by atoms with E-state index in [2.05, 4.69) is 20.2 Å². The van der Waals surface area contributed by atoms with Crippen LogP contribution < -0.4 is 20.5 Å². The predicted octanol–water partition coefficient (Wildman–Crippen LogP) is 3.55. The molecule has 2 aromatic heterocycles. The van der Waals surface area contributed by atoms with Crippen LogP contribution in [0, 0.1) is 0 Å². The zero-order valence-electron chi connectivity index (χ0n) is 22.2. The lowest BCUT2D eigenvalue weighted by atomic mass is 10.0. The smallest absolute Gasteiger partial charge is 0.317 e. The maximum atomic E-state index is 14.2. The van der Waals surface area contributed by atoms with E-state index in [1.165, 1.54) is 0 Å². The lowest BCUT2D eigenvalue weighted by molar-refractivity contribution is 0.0626. The largest absolute Gasteiger partial charge is 0.460 e. The lowest BCUT2D eigenvalue weighted by Crippen LogP contribution is -2.52. The van der Waals surface area contributed by atoms with Gasteiger partial charge in [0.1, 0.15) is 5.75 Å². The van der Waals surface area contributed by atoms with Crippen molar-refractivity contribution in [3.63, 3.8) is 0 Å². The average Bonchev–Trinajstić information content (AvgIpc) is 3.67. The van der Waals surface area contributed by atoms with Gasteiger partial charge in [-0.1, -0.05) is 31.2 Å². The summed E-state index contributed by atoms with van der Waals surface area (Å²) in [6.45, 7) is 4.97. The van der Waals surface area contributed by atoms with Crippen molar-refractivity contribution in [3.8, 4) is 16.9 Å². The third kappa shape index (κ3) is 3.99. The number of carbonyl (C=O) groups excluding carboxylic acids is 1. The fourth-order valence-corrected chi connectivity index (χ4v) is 6.15. The van der Waals surface area contributed by atoms with Crippen molar-refractivity contribution in [2.75, 3.05) is 31.1 Å². The van der Waals surface area contributed by atoms with E-state index >= 15 is 0 Å². The van der Waals surface area contributed by atoms with E-state index < -0.39 is 6.36 Å². The quantitative estimate of drug-likeness (QED) is 0.400. The van der Waals surface area contributed by atoms with Crippen LogP contribution in [0.4, 0.5) is 15.1 Å². The predicted molar refractivity (Wildman–Crippen MR) is 148 cm³/mol. The number of alkyl halides is 1. The van der Waals surface area contributed by atoms with Crippen molar-refractivity contribution < 1.29 is 13.9 Å². The zero-order valence-corrected chi connectivity index (χ0v) is 22.2. The number of nitrogens with zero attached hydrogens (tertiary/aromatic N) is 6. The number of hydrogen-bond donors (Lipinski definition) is 1. The maximum absolute atomic E-state index is 14.2. The fraction of sp³-hybridized carbons (Fsp3) is 0.379. The summed E-state index contributed by atoms with van der Waals surface area (Å²) >= 11 is 0. The fourth-order valence-electron chi connectivity index (χ4n) is 6.15. The number of ether oxygens (including phenoxy) is 1. The molecule has 0 radical (unpaired) electrons. The van der Waals surface area contributed by atoms with E-state index in [1.54, 1.807) is 30.1 Å². The standard InChI is InChI=1S/C29H30FN7O3/c1-2-26(30)40-25-6-4-3-5-21(25)23-9-10-36-27(38)22-8-7-18(13-24(22)37(23)36)19-14-31-28(32-15-19)34-11-12-35-20(17-34)16-33-29(35)39/h3-8,13-15,20,23,26H,2,9-12,16-17H2,1H3,(H,33,39)/t20-,23-,26?/m1/s1. The number of halogens is 1. The number of rotatable bonds is 6. The molecular formula is C29H30FN7O3. The van der Waals surface area contributed by atoms with Crippen molar-refractivity contribution in [3.05, 3.63) is 70.8 Å². The molecule has 7 rings (SSSR count). The second-order valence-corrected chi connectivity index (χ2v) is 10.5. The van der Waals surface area contributed by atoms with Crippen LogP contribution in [-0.2, 0) is 6.54 Å². The number of benzene rings is 2. The van der Waals surface area contributed by atoms with Gasteiger partial charge in [-0.15, -0.1) is 0 Å². The SMILES string of the molecule is CCC(F)Oc1ccccc1[C@H]1CCn2c(=O)c3ccc(-c4cnc(N5CCN6C(=O)NC[C@@H]6C5)nc4)cc3n21. The Morgan fingerprint density at radius 3 is 2.73 bits per heavy atom. The summed E-state index contributed by atoms with van der Waals surface area (Å²) in [7, 11) is 0. The molecule has 0 aliphatic carbocycles. The van der Waals surface area contributed by atoms with Crippen molar-refractivity contribution in [2.24, 2.45) is 0 Å². The monoisotopic (exact) mass is 543 g/mol. The summed E-state index contributed by atoms with van der Waals surface area (Å²) in [6, 6.07) is 13.2. The number of anilines is 1. The van der Waals surface area contributed by atoms with E-state index in [0.717, 1.165) is 22.2 Å². The number of fused-ring (bicyclic) bond motifs is 4. The minimum Gasteiger partial charge on any atom is -0.460 e. The van der Waals surface area contributed by atoms with E-state index in [-0.39, 0.29) is 30.1 Å². The van der Waals surface area contributed by atoms with Gasteiger partial charge < -0.3 is 19.9 Å². The lowest BCUT2D eigenvalue weighted by Gasteiger charge is -2.36. The van der Waals surface area contributed by atoms with Crippen LogP contribution >= 0.6 is 0 Å². The van der Waals surface area contributed by atoms with E-state index in [4.69, 9.17) is 4.74 Å². The second kappa shape index (κ2) is 9.65. The van der Waals surface area contributed by atoms with Crippen LogP contribution in [0.1, 0.15) is 31.4 Å². The molecule has 1 N–H and O–H groups in total. The molecule has 2 aromatic carbocycles. The van der Waals surface area contributed by atoms with Crippen LogP contribution in [0.25, 0.3) is 22.0 Å². The summed E-state index contributed by atoms with van der Waals surface area (Å²) < 4.78 is 23.6. The minimum atomic E-state index is -1.39. The number of carbonyl (C=O) groups is 1. The first kappa shape index (κ1) is 24.6. The van der Waals surface area contributed by atoms with E-state index in [0.29, 0.717) is 56.2 Å². The minimum absolute atomic E-state index is 0.00148. The highest BCUT2D eigenvalue weighted by Gasteiger charge is 2.36. The van der Waals surface area contributed by atoms with Gasteiger partial charge in [-0.3, -0.25) is 9.48 Å². The Bertz CT molecular complexity index is 1650. The number of aromatic nitrogens is 4. The summed E-state index contributed by atoms with van der Waals surface area (Å²) in [5.41, 5.74) is 3.38. The van der Waals surface area contributed by atoms with Gasteiger partial charge in [-0.25, -0.2) is 23.8 Å². The molecule has 11 heteroatoms. The molecule has 10 nitrogen and oxygen atoms in total. The number of amides is 2. The normalized spacial score (nSPS) is 20.9.